The number of benzene rings is 1. The Morgan fingerprint density at radius 3 is 2.81 bits per heavy atom. The van der Waals surface area contributed by atoms with E-state index in [0.717, 1.165) is 16.5 Å². The van der Waals surface area contributed by atoms with Gasteiger partial charge in [0.25, 0.3) is 0 Å². The third kappa shape index (κ3) is 3.77. The van der Waals surface area contributed by atoms with Gasteiger partial charge in [-0.1, -0.05) is 25.1 Å². The van der Waals surface area contributed by atoms with E-state index in [0.29, 0.717) is 12.8 Å². The summed E-state index contributed by atoms with van der Waals surface area (Å²) in [5.74, 6) is 4.53. The summed E-state index contributed by atoms with van der Waals surface area (Å²) >= 11 is 0. The number of Topliss-reactive ketones (excluding diaryl/α,β-unsaturated/α-hetero) is 2. The van der Waals surface area contributed by atoms with E-state index < -0.39 is 0 Å². The zero-order valence-corrected chi connectivity index (χ0v) is 12.1. The minimum Gasteiger partial charge on any atom is -0.361 e. The number of carbonyl (C=O) groups excluding carboxylic acids is 2. The van der Waals surface area contributed by atoms with E-state index in [4.69, 9.17) is 5.90 Å². The molecule has 0 aliphatic rings. The molecule has 0 saturated heterocycles. The molecule has 112 valence electrons. The molecule has 0 radical (unpaired) electrons. The average molecular weight is 288 g/mol. The number of hydrogen-bond donors (Lipinski definition) is 2. The molecule has 1 atom stereocenters. The van der Waals surface area contributed by atoms with E-state index in [9.17, 15) is 9.59 Å². The number of fused-ring (bicyclic) bond motifs is 1. The lowest BCUT2D eigenvalue weighted by atomic mass is 9.89. The number of ketones is 2. The molecule has 5 heteroatoms. The van der Waals surface area contributed by atoms with Gasteiger partial charge < -0.3 is 4.98 Å². The molecule has 0 amide bonds. The topological polar surface area (TPSA) is 85.2 Å². The Bertz CT molecular complexity index is 633. The fourth-order valence-electron chi connectivity index (χ4n) is 2.58. The number of carbonyl (C=O) groups is 2. The highest BCUT2D eigenvalue weighted by atomic mass is 16.6. The molecule has 3 N–H and O–H groups in total. The predicted octanol–water partition coefficient (Wildman–Crippen LogP) is 2.16. The van der Waals surface area contributed by atoms with Crippen LogP contribution in [0.25, 0.3) is 10.9 Å². The van der Waals surface area contributed by atoms with Crippen molar-refractivity contribution in [2.45, 2.75) is 26.2 Å². The lowest BCUT2D eigenvalue weighted by molar-refractivity contribution is -0.130. The van der Waals surface area contributed by atoms with Crippen LogP contribution in [0.2, 0.25) is 0 Å². The molecule has 21 heavy (non-hydrogen) atoms. The maximum absolute atomic E-state index is 12.1. The van der Waals surface area contributed by atoms with Gasteiger partial charge in [-0.05, 0) is 18.1 Å². The number of hydrogen-bond acceptors (Lipinski definition) is 4. The SMILES string of the molecule is CCC(=O)C(CC(=O)CON)Cc1c[nH]c2ccccc12. The molecule has 2 aromatic rings. The molecule has 2 rings (SSSR count). The predicted molar refractivity (Wildman–Crippen MR) is 80.6 cm³/mol. The van der Waals surface area contributed by atoms with Gasteiger partial charge in [0.15, 0.2) is 5.78 Å². The van der Waals surface area contributed by atoms with Gasteiger partial charge in [0.1, 0.15) is 12.4 Å². The van der Waals surface area contributed by atoms with Crippen molar-refractivity contribution in [2.24, 2.45) is 11.8 Å². The first-order valence-electron chi connectivity index (χ1n) is 7.06. The van der Waals surface area contributed by atoms with Crippen molar-refractivity contribution in [3.05, 3.63) is 36.0 Å². The molecule has 0 saturated carbocycles. The van der Waals surface area contributed by atoms with Gasteiger partial charge in [0, 0.05) is 35.9 Å². The number of nitrogens with one attached hydrogen (secondary N) is 1. The van der Waals surface area contributed by atoms with Crippen molar-refractivity contribution in [1.82, 2.24) is 4.98 Å². The normalized spacial score (nSPS) is 12.5. The van der Waals surface area contributed by atoms with Gasteiger partial charge >= 0.3 is 0 Å². The Kier molecular flexibility index (Phi) is 5.25. The van der Waals surface area contributed by atoms with Crippen molar-refractivity contribution < 1.29 is 14.4 Å². The van der Waals surface area contributed by atoms with Crippen LogP contribution in [-0.4, -0.2) is 23.2 Å². The summed E-state index contributed by atoms with van der Waals surface area (Å²) in [6.07, 6.45) is 3.05. The zero-order valence-electron chi connectivity index (χ0n) is 12.1. The molecule has 0 spiro atoms. The van der Waals surface area contributed by atoms with Crippen LogP contribution in [0, 0.1) is 5.92 Å². The van der Waals surface area contributed by atoms with E-state index in [1.165, 1.54) is 0 Å². The minimum absolute atomic E-state index is 0.0886. The quantitative estimate of drug-likeness (QED) is 0.729. The molecule has 1 heterocycles. The Hall–Kier alpha value is -1.98. The summed E-state index contributed by atoms with van der Waals surface area (Å²) in [7, 11) is 0. The molecule has 1 aromatic heterocycles. The molecule has 0 fully saturated rings. The molecule has 1 unspecified atom stereocenters. The summed E-state index contributed by atoms with van der Waals surface area (Å²) in [5, 5.41) is 1.09. The lowest BCUT2D eigenvalue weighted by Crippen LogP contribution is -2.23. The first-order valence-corrected chi connectivity index (χ1v) is 7.06. The minimum atomic E-state index is -0.322. The van der Waals surface area contributed by atoms with E-state index in [1.807, 2.05) is 37.4 Å². The van der Waals surface area contributed by atoms with Gasteiger partial charge in [-0.15, -0.1) is 0 Å². The summed E-state index contributed by atoms with van der Waals surface area (Å²) in [4.78, 5) is 31.3. The van der Waals surface area contributed by atoms with Gasteiger partial charge in [-0.25, -0.2) is 5.90 Å². The fourth-order valence-corrected chi connectivity index (χ4v) is 2.58. The number of H-pyrrole nitrogens is 1. The smallest absolute Gasteiger partial charge is 0.161 e. The third-order valence-corrected chi connectivity index (χ3v) is 3.66. The first-order chi connectivity index (χ1) is 10.2. The highest BCUT2D eigenvalue weighted by Crippen LogP contribution is 2.23. The summed E-state index contributed by atoms with van der Waals surface area (Å²) < 4.78 is 0. The highest BCUT2D eigenvalue weighted by molar-refractivity contribution is 5.89. The summed E-state index contributed by atoms with van der Waals surface area (Å²) in [5.41, 5.74) is 2.09. The van der Waals surface area contributed by atoms with Crippen molar-refractivity contribution in [3.63, 3.8) is 0 Å². The third-order valence-electron chi connectivity index (χ3n) is 3.66. The number of rotatable bonds is 8. The maximum Gasteiger partial charge on any atom is 0.161 e. The van der Waals surface area contributed by atoms with Crippen molar-refractivity contribution in [2.75, 3.05) is 6.61 Å². The second kappa shape index (κ2) is 7.15. The molecule has 5 nitrogen and oxygen atoms in total. The summed E-state index contributed by atoms with van der Waals surface area (Å²) in [6.45, 7) is 1.66. The van der Waals surface area contributed by atoms with Crippen molar-refractivity contribution in [1.29, 1.82) is 0 Å². The van der Waals surface area contributed by atoms with E-state index in [-0.39, 0.29) is 30.5 Å². The van der Waals surface area contributed by atoms with Crippen LogP contribution < -0.4 is 5.90 Å². The van der Waals surface area contributed by atoms with Crippen LogP contribution in [-0.2, 0) is 20.8 Å². The first kappa shape index (κ1) is 15.4. The Labute approximate surface area is 123 Å². The summed E-state index contributed by atoms with van der Waals surface area (Å²) in [6, 6.07) is 7.92. The fraction of sp³-hybridized carbons (Fsp3) is 0.375. The van der Waals surface area contributed by atoms with E-state index in [1.54, 1.807) is 0 Å². The van der Waals surface area contributed by atoms with Gasteiger partial charge in [0.2, 0.25) is 0 Å². The van der Waals surface area contributed by atoms with E-state index in [2.05, 4.69) is 9.82 Å². The molecular formula is C16H20N2O3. The van der Waals surface area contributed by atoms with Gasteiger partial charge in [0.05, 0.1) is 0 Å². The van der Waals surface area contributed by atoms with Crippen LogP contribution in [0.3, 0.4) is 0 Å². The van der Waals surface area contributed by atoms with Crippen LogP contribution in [0.15, 0.2) is 30.5 Å². The van der Waals surface area contributed by atoms with Crippen molar-refractivity contribution >= 4 is 22.5 Å². The number of para-hydroxylation sites is 1. The highest BCUT2D eigenvalue weighted by Gasteiger charge is 2.22. The average Bonchev–Trinajstić information content (AvgIpc) is 2.89. The number of aromatic nitrogens is 1. The Morgan fingerprint density at radius 1 is 1.33 bits per heavy atom. The zero-order chi connectivity index (χ0) is 15.2. The molecule has 0 bridgehead atoms. The lowest BCUT2D eigenvalue weighted by Gasteiger charge is -2.13. The van der Waals surface area contributed by atoms with Crippen LogP contribution in [0.4, 0.5) is 0 Å². The van der Waals surface area contributed by atoms with Crippen LogP contribution >= 0.6 is 0 Å². The van der Waals surface area contributed by atoms with Gasteiger partial charge in [-0.3, -0.25) is 14.4 Å². The van der Waals surface area contributed by atoms with Crippen molar-refractivity contribution in [3.8, 4) is 0 Å². The Balaban J connectivity index is 2.18. The second-order valence-corrected chi connectivity index (χ2v) is 5.13. The van der Waals surface area contributed by atoms with E-state index >= 15 is 0 Å². The monoisotopic (exact) mass is 288 g/mol. The van der Waals surface area contributed by atoms with Crippen LogP contribution in [0.5, 0.6) is 0 Å². The maximum atomic E-state index is 12.1. The number of nitrogens with two attached hydrogens (primary N) is 1. The standard InChI is InChI=1S/C16H20N2O3/c1-2-16(20)11(8-13(19)10-21-17)7-12-9-18-15-6-4-3-5-14(12)15/h3-6,9,11,18H,2,7-8,10,17H2,1H3. The second-order valence-electron chi connectivity index (χ2n) is 5.13. The molecule has 0 aliphatic carbocycles. The molecule has 0 aliphatic heterocycles. The van der Waals surface area contributed by atoms with Gasteiger partial charge in [-0.2, -0.15) is 0 Å². The largest absolute Gasteiger partial charge is 0.361 e. The molecular weight excluding hydrogens is 268 g/mol. The molecule has 1 aromatic carbocycles. The van der Waals surface area contributed by atoms with Crippen LogP contribution in [0.1, 0.15) is 25.3 Å². The Morgan fingerprint density at radius 2 is 2.10 bits per heavy atom. The number of aromatic amines is 1.